The summed E-state index contributed by atoms with van der Waals surface area (Å²) in [4.78, 5) is 22.7. The van der Waals surface area contributed by atoms with Crippen molar-refractivity contribution in [3.8, 4) is 0 Å². The Morgan fingerprint density at radius 1 is 1.25 bits per heavy atom. The van der Waals surface area contributed by atoms with Crippen molar-refractivity contribution in [2.24, 2.45) is 5.73 Å². The molecule has 0 aliphatic carbocycles. The van der Waals surface area contributed by atoms with Gasteiger partial charge in [-0.05, 0) is 37.0 Å². The van der Waals surface area contributed by atoms with Gasteiger partial charge in [0.2, 0.25) is 5.91 Å². The molecule has 0 unspecified atom stereocenters. The van der Waals surface area contributed by atoms with Crippen LogP contribution in [0.1, 0.15) is 42.6 Å². The molecule has 0 bridgehead atoms. The van der Waals surface area contributed by atoms with E-state index in [0.717, 1.165) is 18.4 Å². The summed E-state index contributed by atoms with van der Waals surface area (Å²) in [5.41, 5.74) is 6.69. The van der Waals surface area contributed by atoms with Gasteiger partial charge in [0.25, 0.3) is 0 Å². The Morgan fingerprint density at radius 2 is 1.95 bits per heavy atom. The zero-order valence-corrected chi connectivity index (χ0v) is 12.1. The molecule has 0 radical (unpaired) electrons. The summed E-state index contributed by atoms with van der Waals surface area (Å²) in [5, 5.41) is 5.72. The highest BCUT2D eigenvalue weighted by molar-refractivity contribution is 5.92. The summed E-state index contributed by atoms with van der Waals surface area (Å²) in [5.74, 6) is -0.439. The largest absolute Gasteiger partial charge is 0.366 e. The molecule has 1 rings (SSSR count). The van der Waals surface area contributed by atoms with Crippen molar-refractivity contribution >= 4 is 11.9 Å². The maximum atomic E-state index is 11.6. The number of urea groups is 1. The van der Waals surface area contributed by atoms with Crippen molar-refractivity contribution in [2.45, 2.75) is 39.2 Å². The molecule has 0 atom stereocenters. The first kappa shape index (κ1) is 16.0. The molecule has 0 aliphatic heterocycles. The summed E-state index contributed by atoms with van der Waals surface area (Å²) in [7, 11) is 0. The van der Waals surface area contributed by atoms with Crippen LogP contribution in [0.2, 0.25) is 0 Å². The molecule has 5 nitrogen and oxygen atoms in total. The topological polar surface area (TPSA) is 84.2 Å². The smallest absolute Gasteiger partial charge is 0.315 e. The number of hydrogen-bond acceptors (Lipinski definition) is 2. The second kappa shape index (κ2) is 8.19. The Morgan fingerprint density at radius 3 is 2.55 bits per heavy atom. The molecule has 1 aromatic rings. The molecular formula is C15H23N3O2. The second-order valence-electron chi connectivity index (χ2n) is 4.73. The highest BCUT2D eigenvalue weighted by Gasteiger charge is 2.07. The third-order valence-electron chi connectivity index (χ3n) is 3.23. The van der Waals surface area contributed by atoms with Gasteiger partial charge in [-0.2, -0.15) is 0 Å². The van der Waals surface area contributed by atoms with Crippen molar-refractivity contribution < 1.29 is 9.59 Å². The number of nitrogens with two attached hydrogens (primary N) is 1. The first-order chi connectivity index (χ1) is 9.56. The van der Waals surface area contributed by atoms with Crippen LogP contribution < -0.4 is 16.4 Å². The second-order valence-corrected chi connectivity index (χ2v) is 4.73. The third-order valence-corrected chi connectivity index (χ3v) is 3.23. The Kier molecular flexibility index (Phi) is 6.56. The Balaban J connectivity index is 2.39. The van der Waals surface area contributed by atoms with E-state index in [1.54, 1.807) is 18.2 Å². The summed E-state index contributed by atoms with van der Waals surface area (Å²) < 4.78 is 0. The molecule has 5 heteroatoms. The van der Waals surface area contributed by atoms with Gasteiger partial charge in [-0.1, -0.05) is 26.0 Å². The van der Waals surface area contributed by atoms with E-state index in [2.05, 4.69) is 10.6 Å². The molecule has 0 spiro atoms. The van der Waals surface area contributed by atoms with Gasteiger partial charge >= 0.3 is 6.03 Å². The number of rotatable bonds is 7. The van der Waals surface area contributed by atoms with Crippen molar-refractivity contribution in [1.82, 2.24) is 10.6 Å². The molecule has 110 valence electrons. The quantitative estimate of drug-likeness (QED) is 0.710. The number of primary amides is 1. The van der Waals surface area contributed by atoms with E-state index in [1.807, 2.05) is 19.9 Å². The maximum Gasteiger partial charge on any atom is 0.315 e. The predicted molar refractivity (Wildman–Crippen MR) is 79.6 cm³/mol. The standard InChI is InChI=1S/C15H23N3O2/c1-3-13(4-2)18-15(20)17-9-8-11-6-5-7-12(10-11)14(16)19/h5-7,10,13H,3-4,8-9H2,1-2H3,(H2,16,19)(H2,17,18,20). The van der Waals surface area contributed by atoms with Crippen LogP contribution >= 0.6 is 0 Å². The van der Waals surface area contributed by atoms with E-state index in [-0.39, 0.29) is 12.1 Å². The number of carbonyl (C=O) groups excluding carboxylic acids is 2. The normalized spacial score (nSPS) is 10.3. The van der Waals surface area contributed by atoms with Crippen molar-refractivity contribution in [3.05, 3.63) is 35.4 Å². The molecule has 0 heterocycles. The minimum absolute atomic E-state index is 0.148. The van der Waals surface area contributed by atoms with Gasteiger partial charge in [0.1, 0.15) is 0 Å². The number of amides is 3. The highest BCUT2D eigenvalue weighted by atomic mass is 16.2. The Bertz CT molecular complexity index is 456. The van der Waals surface area contributed by atoms with Gasteiger partial charge in [-0.3, -0.25) is 4.79 Å². The van der Waals surface area contributed by atoms with Crippen LogP contribution in [0.4, 0.5) is 4.79 Å². The number of carbonyl (C=O) groups is 2. The molecule has 1 aromatic carbocycles. The number of hydrogen-bond donors (Lipinski definition) is 3. The van der Waals surface area contributed by atoms with Crippen LogP contribution in [0.25, 0.3) is 0 Å². The number of benzene rings is 1. The fourth-order valence-electron chi connectivity index (χ4n) is 1.93. The predicted octanol–water partition coefficient (Wildman–Crippen LogP) is 1.82. The van der Waals surface area contributed by atoms with E-state index in [0.29, 0.717) is 18.5 Å². The Hall–Kier alpha value is -2.04. The van der Waals surface area contributed by atoms with Gasteiger partial charge in [-0.15, -0.1) is 0 Å². The van der Waals surface area contributed by atoms with Crippen LogP contribution in [-0.4, -0.2) is 24.5 Å². The lowest BCUT2D eigenvalue weighted by atomic mass is 10.1. The molecular weight excluding hydrogens is 254 g/mol. The van der Waals surface area contributed by atoms with Crippen molar-refractivity contribution in [2.75, 3.05) is 6.54 Å². The molecule has 0 saturated carbocycles. The van der Waals surface area contributed by atoms with E-state index >= 15 is 0 Å². The van der Waals surface area contributed by atoms with Gasteiger partial charge < -0.3 is 16.4 Å². The summed E-state index contributed by atoms with van der Waals surface area (Å²) >= 11 is 0. The van der Waals surface area contributed by atoms with Gasteiger partial charge in [-0.25, -0.2) is 4.79 Å². The van der Waals surface area contributed by atoms with Gasteiger partial charge in [0, 0.05) is 18.2 Å². The average molecular weight is 277 g/mol. The van der Waals surface area contributed by atoms with Crippen LogP contribution in [0.5, 0.6) is 0 Å². The summed E-state index contributed by atoms with van der Waals surface area (Å²) in [6.07, 6.45) is 2.51. The minimum atomic E-state index is -0.439. The summed E-state index contributed by atoms with van der Waals surface area (Å²) in [6, 6.07) is 7.20. The fraction of sp³-hybridized carbons (Fsp3) is 0.467. The molecule has 0 aliphatic rings. The SMILES string of the molecule is CCC(CC)NC(=O)NCCc1cccc(C(N)=O)c1. The molecule has 4 N–H and O–H groups in total. The molecule has 20 heavy (non-hydrogen) atoms. The van der Waals surface area contributed by atoms with E-state index in [4.69, 9.17) is 5.73 Å². The highest BCUT2D eigenvalue weighted by Crippen LogP contribution is 2.05. The lowest BCUT2D eigenvalue weighted by Gasteiger charge is -2.15. The van der Waals surface area contributed by atoms with Crippen molar-refractivity contribution in [3.63, 3.8) is 0 Å². The van der Waals surface area contributed by atoms with Crippen LogP contribution in [0, 0.1) is 0 Å². The minimum Gasteiger partial charge on any atom is -0.366 e. The molecule has 0 aromatic heterocycles. The number of nitrogens with one attached hydrogen (secondary N) is 2. The van der Waals surface area contributed by atoms with E-state index in [9.17, 15) is 9.59 Å². The molecule has 3 amide bonds. The fourth-order valence-corrected chi connectivity index (χ4v) is 1.93. The third kappa shape index (κ3) is 5.30. The van der Waals surface area contributed by atoms with Crippen LogP contribution in [0.15, 0.2) is 24.3 Å². The monoisotopic (exact) mass is 277 g/mol. The lowest BCUT2D eigenvalue weighted by molar-refractivity contribution is 0.1000. The first-order valence-electron chi connectivity index (χ1n) is 6.99. The molecule has 0 saturated heterocycles. The lowest BCUT2D eigenvalue weighted by Crippen LogP contribution is -2.42. The first-order valence-corrected chi connectivity index (χ1v) is 6.99. The van der Waals surface area contributed by atoms with Crippen molar-refractivity contribution in [1.29, 1.82) is 0 Å². The van der Waals surface area contributed by atoms with E-state index < -0.39 is 5.91 Å². The zero-order chi connectivity index (χ0) is 15.0. The van der Waals surface area contributed by atoms with Crippen LogP contribution in [0.3, 0.4) is 0 Å². The van der Waals surface area contributed by atoms with E-state index in [1.165, 1.54) is 0 Å². The van der Waals surface area contributed by atoms with Crippen LogP contribution in [-0.2, 0) is 6.42 Å². The Labute approximate surface area is 119 Å². The van der Waals surface area contributed by atoms with Gasteiger partial charge in [0.05, 0.1) is 0 Å². The summed E-state index contributed by atoms with van der Waals surface area (Å²) in [6.45, 7) is 4.61. The van der Waals surface area contributed by atoms with Gasteiger partial charge in [0.15, 0.2) is 0 Å². The molecule has 0 fully saturated rings. The maximum absolute atomic E-state index is 11.6. The average Bonchev–Trinajstić information content (AvgIpc) is 2.45. The zero-order valence-electron chi connectivity index (χ0n) is 12.1.